The number of rotatable bonds is 4. The van der Waals surface area contributed by atoms with Gasteiger partial charge in [0.25, 0.3) is 0 Å². The molecule has 0 aliphatic heterocycles. The second-order valence-corrected chi connectivity index (χ2v) is 6.20. The summed E-state index contributed by atoms with van der Waals surface area (Å²) in [5.41, 5.74) is 1.19. The predicted octanol–water partition coefficient (Wildman–Crippen LogP) is 3.84. The highest BCUT2D eigenvalue weighted by Crippen LogP contribution is 2.28. The maximum atomic E-state index is 14.2. The summed E-state index contributed by atoms with van der Waals surface area (Å²) in [7, 11) is 0. The van der Waals surface area contributed by atoms with Gasteiger partial charge < -0.3 is 9.88 Å². The number of hydrogen-bond donors (Lipinski definition) is 1. The van der Waals surface area contributed by atoms with Gasteiger partial charge in [-0.3, -0.25) is 9.78 Å². The van der Waals surface area contributed by atoms with Gasteiger partial charge in [0.15, 0.2) is 0 Å². The van der Waals surface area contributed by atoms with E-state index in [4.69, 9.17) is 11.6 Å². The molecule has 6 nitrogen and oxygen atoms in total. The van der Waals surface area contributed by atoms with Crippen LogP contribution in [0, 0.1) is 5.82 Å². The van der Waals surface area contributed by atoms with Crippen molar-refractivity contribution >= 4 is 34.0 Å². The van der Waals surface area contributed by atoms with Crippen LogP contribution in [0.25, 0.3) is 10.9 Å². The maximum Gasteiger partial charge on any atom is 0.248 e. The molecule has 3 heterocycles. The molecule has 0 bridgehead atoms. The molecule has 0 aliphatic rings. The lowest BCUT2D eigenvalue weighted by Crippen LogP contribution is -2.20. The van der Waals surface area contributed by atoms with Crippen molar-refractivity contribution < 1.29 is 4.39 Å². The van der Waals surface area contributed by atoms with Crippen molar-refractivity contribution in [3.05, 3.63) is 88.1 Å². The molecule has 0 saturated carbocycles. The minimum atomic E-state index is -0.482. The molecule has 8 heteroatoms. The number of halogens is 2. The third kappa shape index (κ3) is 3.50. The Morgan fingerprint density at radius 2 is 2.04 bits per heavy atom. The first-order chi connectivity index (χ1) is 13.1. The molecule has 0 aliphatic carbocycles. The summed E-state index contributed by atoms with van der Waals surface area (Å²) in [5.74, 6) is 0.0530. The highest BCUT2D eigenvalue weighted by atomic mass is 35.5. The molecular formula is C19H13ClFN5O. The van der Waals surface area contributed by atoms with Crippen LogP contribution >= 0.6 is 11.6 Å². The number of fused-ring (bicyclic) bond motifs is 1. The first-order valence-electron chi connectivity index (χ1n) is 8.07. The summed E-state index contributed by atoms with van der Waals surface area (Å²) in [6, 6.07) is 11.4. The minimum Gasteiger partial charge on any atom is -0.320 e. The molecular weight excluding hydrogens is 369 g/mol. The normalized spacial score (nSPS) is 10.9. The lowest BCUT2D eigenvalue weighted by atomic mass is 10.1. The van der Waals surface area contributed by atoms with E-state index in [0.29, 0.717) is 16.8 Å². The fourth-order valence-corrected chi connectivity index (χ4v) is 3.05. The highest BCUT2D eigenvalue weighted by Gasteiger charge is 2.16. The zero-order chi connectivity index (χ0) is 18.8. The summed E-state index contributed by atoms with van der Waals surface area (Å²) >= 11 is 6.02. The molecule has 3 aromatic heterocycles. The number of nitrogens with one attached hydrogen (secondary N) is 1. The van der Waals surface area contributed by atoms with Gasteiger partial charge in [-0.2, -0.15) is 0 Å². The third-order valence-corrected chi connectivity index (χ3v) is 4.30. The minimum absolute atomic E-state index is 0.173. The molecule has 4 rings (SSSR count). The zero-order valence-electron chi connectivity index (χ0n) is 13.9. The topological polar surface area (TPSA) is 74.8 Å². The molecule has 1 aromatic carbocycles. The Hall–Kier alpha value is -3.32. The van der Waals surface area contributed by atoms with E-state index < -0.39 is 5.82 Å². The number of aromatic nitrogens is 4. The third-order valence-electron chi connectivity index (χ3n) is 4.09. The van der Waals surface area contributed by atoms with Crippen LogP contribution in [0.4, 0.5) is 15.9 Å². The summed E-state index contributed by atoms with van der Waals surface area (Å²) in [6.07, 6.45) is 4.69. The number of benzene rings is 1. The Morgan fingerprint density at radius 3 is 2.81 bits per heavy atom. The maximum absolute atomic E-state index is 14.2. The fourth-order valence-electron chi connectivity index (χ4n) is 2.91. The van der Waals surface area contributed by atoms with Crippen molar-refractivity contribution in [3.63, 3.8) is 0 Å². The number of pyridine rings is 2. The molecule has 0 unspecified atom stereocenters. The van der Waals surface area contributed by atoms with Crippen molar-refractivity contribution in [3.8, 4) is 0 Å². The van der Waals surface area contributed by atoms with Crippen molar-refractivity contribution in [1.29, 1.82) is 0 Å². The Balaban J connectivity index is 1.87. The van der Waals surface area contributed by atoms with Crippen LogP contribution in [0.3, 0.4) is 0 Å². The molecule has 0 radical (unpaired) electrons. The van der Waals surface area contributed by atoms with Gasteiger partial charge >= 0.3 is 0 Å². The monoisotopic (exact) mass is 381 g/mol. The van der Waals surface area contributed by atoms with E-state index in [9.17, 15) is 9.18 Å². The molecule has 0 atom stereocenters. The Bertz CT molecular complexity index is 1170. The van der Waals surface area contributed by atoms with Gasteiger partial charge in [0.2, 0.25) is 5.56 Å². The van der Waals surface area contributed by atoms with Crippen LogP contribution in [-0.2, 0) is 6.54 Å². The van der Waals surface area contributed by atoms with Crippen molar-refractivity contribution in [2.24, 2.45) is 0 Å². The van der Waals surface area contributed by atoms with Gasteiger partial charge in [-0.15, -0.1) is 0 Å². The highest BCUT2D eigenvalue weighted by molar-refractivity contribution is 6.29. The lowest BCUT2D eigenvalue weighted by molar-refractivity contribution is 0.636. The lowest BCUT2D eigenvalue weighted by Gasteiger charge is -2.24. The van der Waals surface area contributed by atoms with Crippen LogP contribution in [-0.4, -0.2) is 19.9 Å². The number of H-pyrrole nitrogens is 1. The second-order valence-electron chi connectivity index (χ2n) is 5.82. The average Bonchev–Trinajstić information content (AvgIpc) is 2.67. The van der Waals surface area contributed by atoms with E-state index in [-0.39, 0.29) is 22.8 Å². The van der Waals surface area contributed by atoms with Gasteiger partial charge in [0.1, 0.15) is 23.1 Å². The number of aromatic amines is 1. The molecule has 4 aromatic rings. The first-order valence-corrected chi connectivity index (χ1v) is 8.45. The predicted molar refractivity (Wildman–Crippen MR) is 102 cm³/mol. The van der Waals surface area contributed by atoms with Gasteiger partial charge in [0, 0.05) is 23.7 Å². The van der Waals surface area contributed by atoms with Crippen molar-refractivity contribution in [2.75, 3.05) is 4.90 Å². The smallest absolute Gasteiger partial charge is 0.248 e. The van der Waals surface area contributed by atoms with Crippen LogP contribution in [0.2, 0.25) is 5.15 Å². The fraction of sp³-hybridized carbons (Fsp3) is 0.0526. The van der Waals surface area contributed by atoms with E-state index in [2.05, 4.69) is 19.9 Å². The van der Waals surface area contributed by atoms with Crippen molar-refractivity contribution in [1.82, 2.24) is 19.9 Å². The Morgan fingerprint density at radius 1 is 1.15 bits per heavy atom. The summed E-state index contributed by atoms with van der Waals surface area (Å²) in [4.78, 5) is 28.8. The van der Waals surface area contributed by atoms with Crippen LogP contribution < -0.4 is 10.5 Å². The SMILES string of the molecule is O=c1cc(CN(c2cccnc2)c2cc(Cl)ncn2)c2cccc(F)c2[nH]1. The number of anilines is 2. The number of hydrogen-bond acceptors (Lipinski definition) is 5. The van der Waals surface area contributed by atoms with Crippen molar-refractivity contribution in [2.45, 2.75) is 6.54 Å². The summed E-state index contributed by atoms with van der Waals surface area (Å²) < 4.78 is 14.2. The Labute approximate surface area is 158 Å². The van der Waals surface area contributed by atoms with E-state index in [0.717, 1.165) is 5.69 Å². The molecule has 134 valence electrons. The van der Waals surface area contributed by atoms with Crippen LogP contribution in [0.1, 0.15) is 5.56 Å². The van der Waals surface area contributed by atoms with E-state index >= 15 is 0 Å². The molecule has 0 spiro atoms. The van der Waals surface area contributed by atoms with E-state index in [1.54, 1.807) is 36.7 Å². The second kappa shape index (κ2) is 7.13. The molecule has 1 N–H and O–H groups in total. The first kappa shape index (κ1) is 17.1. The van der Waals surface area contributed by atoms with Crippen LogP contribution in [0.15, 0.2) is 66.0 Å². The summed E-state index contributed by atoms with van der Waals surface area (Å²) in [5, 5.41) is 0.902. The summed E-state index contributed by atoms with van der Waals surface area (Å²) in [6.45, 7) is 0.267. The van der Waals surface area contributed by atoms with E-state index in [1.165, 1.54) is 18.5 Å². The number of nitrogens with zero attached hydrogens (tertiary/aromatic N) is 4. The largest absolute Gasteiger partial charge is 0.320 e. The average molecular weight is 382 g/mol. The molecule has 27 heavy (non-hydrogen) atoms. The van der Waals surface area contributed by atoms with Gasteiger partial charge in [-0.05, 0) is 23.8 Å². The van der Waals surface area contributed by atoms with Gasteiger partial charge in [-0.1, -0.05) is 23.7 Å². The number of para-hydroxylation sites is 1. The van der Waals surface area contributed by atoms with Crippen LogP contribution in [0.5, 0.6) is 0 Å². The standard InChI is InChI=1S/C19H13ClFN5O/c20-16-8-17(24-11-23-16)26(13-3-2-6-22-9-13)10-12-7-18(27)25-19-14(12)4-1-5-15(19)21/h1-9,11H,10H2,(H,25,27). The Kier molecular flexibility index (Phi) is 4.52. The van der Waals surface area contributed by atoms with Gasteiger partial charge in [-0.25, -0.2) is 14.4 Å². The quantitative estimate of drug-likeness (QED) is 0.543. The zero-order valence-corrected chi connectivity index (χ0v) is 14.7. The van der Waals surface area contributed by atoms with Gasteiger partial charge in [0.05, 0.1) is 23.9 Å². The molecule has 0 fully saturated rings. The molecule has 0 amide bonds. The molecule has 0 saturated heterocycles. The van der Waals surface area contributed by atoms with E-state index in [1.807, 2.05) is 11.0 Å².